The Morgan fingerprint density at radius 3 is 2.39 bits per heavy atom. The Labute approximate surface area is 141 Å². The van der Waals surface area contributed by atoms with Crippen LogP contribution >= 0.6 is 0 Å². The number of hydrogen-bond donors (Lipinski definition) is 2. The first-order chi connectivity index (χ1) is 11.1. The van der Waals surface area contributed by atoms with Crippen LogP contribution in [0.15, 0.2) is 18.2 Å². The van der Waals surface area contributed by atoms with Crippen molar-refractivity contribution in [2.75, 3.05) is 30.3 Å². The summed E-state index contributed by atoms with van der Waals surface area (Å²) in [4.78, 5) is 14.1. The second-order valence-corrected chi connectivity index (χ2v) is 6.08. The second-order valence-electron chi connectivity index (χ2n) is 6.08. The maximum atomic E-state index is 11.8. The summed E-state index contributed by atoms with van der Waals surface area (Å²) < 4.78 is 0. The molecule has 1 aromatic rings. The number of nitrogen functional groups attached to an aromatic ring is 1. The number of carbonyl (C=O) groups excluding carboxylic acids is 1. The SMILES string of the molecule is CCCCNC(=O)CCc1ccc(N(CCC)CCC)c(N)c1. The molecule has 0 bridgehead atoms. The zero-order valence-corrected chi connectivity index (χ0v) is 15.0. The van der Waals surface area contributed by atoms with Gasteiger partial charge in [-0.3, -0.25) is 4.79 Å². The number of aryl methyl sites for hydroxylation is 1. The molecule has 0 aromatic heterocycles. The minimum Gasteiger partial charge on any atom is -0.397 e. The predicted molar refractivity (Wildman–Crippen MR) is 99.9 cm³/mol. The van der Waals surface area contributed by atoms with Gasteiger partial charge in [0.1, 0.15) is 0 Å². The van der Waals surface area contributed by atoms with Crippen molar-refractivity contribution in [2.24, 2.45) is 0 Å². The van der Waals surface area contributed by atoms with E-state index in [1.54, 1.807) is 0 Å². The topological polar surface area (TPSA) is 58.4 Å². The van der Waals surface area contributed by atoms with E-state index in [0.717, 1.165) is 68.7 Å². The lowest BCUT2D eigenvalue weighted by Crippen LogP contribution is -2.26. The molecule has 1 amide bonds. The monoisotopic (exact) mass is 319 g/mol. The summed E-state index contributed by atoms with van der Waals surface area (Å²) in [7, 11) is 0. The first kappa shape index (κ1) is 19.3. The number of rotatable bonds is 11. The molecule has 3 N–H and O–H groups in total. The first-order valence-electron chi connectivity index (χ1n) is 9.02. The third-order valence-corrected chi connectivity index (χ3v) is 3.91. The Bertz CT molecular complexity index is 468. The van der Waals surface area contributed by atoms with Crippen molar-refractivity contribution in [1.29, 1.82) is 0 Å². The number of nitrogens with two attached hydrogens (primary N) is 1. The molecule has 0 saturated carbocycles. The number of amides is 1. The molecule has 1 aromatic carbocycles. The Morgan fingerprint density at radius 1 is 1.13 bits per heavy atom. The summed E-state index contributed by atoms with van der Waals surface area (Å²) in [5.74, 6) is 0.125. The average molecular weight is 319 g/mol. The van der Waals surface area contributed by atoms with E-state index in [2.05, 4.69) is 43.1 Å². The zero-order chi connectivity index (χ0) is 17.1. The molecule has 4 nitrogen and oxygen atoms in total. The van der Waals surface area contributed by atoms with Crippen LogP contribution in [0.4, 0.5) is 11.4 Å². The summed E-state index contributed by atoms with van der Waals surface area (Å²) in [6.45, 7) is 9.32. The molecule has 0 unspecified atom stereocenters. The van der Waals surface area contributed by atoms with Gasteiger partial charge in [0, 0.05) is 26.1 Å². The summed E-state index contributed by atoms with van der Waals surface area (Å²) in [6.07, 6.45) is 5.63. The molecule has 0 radical (unpaired) electrons. The van der Waals surface area contributed by atoms with Crippen LogP contribution in [-0.4, -0.2) is 25.5 Å². The van der Waals surface area contributed by atoms with Gasteiger partial charge in [0.05, 0.1) is 11.4 Å². The van der Waals surface area contributed by atoms with Gasteiger partial charge in [0.15, 0.2) is 0 Å². The highest BCUT2D eigenvalue weighted by Gasteiger charge is 2.09. The van der Waals surface area contributed by atoms with E-state index in [9.17, 15) is 4.79 Å². The minimum absolute atomic E-state index is 0.125. The van der Waals surface area contributed by atoms with Crippen molar-refractivity contribution in [2.45, 2.75) is 59.3 Å². The van der Waals surface area contributed by atoms with Gasteiger partial charge in [-0.1, -0.05) is 33.3 Å². The summed E-state index contributed by atoms with van der Waals surface area (Å²) in [5, 5.41) is 2.95. The predicted octanol–water partition coefficient (Wildman–Crippen LogP) is 3.74. The summed E-state index contributed by atoms with van der Waals surface area (Å²) >= 11 is 0. The molecule has 0 fully saturated rings. The lowest BCUT2D eigenvalue weighted by atomic mass is 10.1. The van der Waals surface area contributed by atoms with E-state index in [4.69, 9.17) is 5.73 Å². The lowest BCUT2D eigenvalue weighted by molar-refractivity contribution is -0.121. The van der Waals surface area contributed by atoms with Gasteiger partial charge in [-0.25, -0.2) is 0 Å². The van der Waals surface area contributed by atoms with Gasteiger partial charge in [-0.2, -0.15) is 0 Å². The van der Waals surface area contributed by atoms with Crippen molar-refractivity contribution in [3.8, 4) is 0 Å². The molecular formula is C19H33N3O. The maximum absolute atomic E-state index is 11.8. The number of unbranched alkanes of at least 4 members (excludes halogenated alkanes) is 1. The van der Waals surface area contributed by atoms with Crippen molar-refractivity contribution in [3.05, 3.63) is 23.8 Å². The maximum Gasteiger partial charge on any atom is 0.220 e. The molecule has 0 aliphatic heterocycles. The van der Waals surface area contributed by atoms with Gasteiger partial charge in [0.25, 0.3) is 0 Å². The first-order valence-corrected chi connectivity index (χ1v) is 9.02. The molecule has 0 aliphatic rings. The van der Waals surface area contributed by atoms with Crippen molar-refractivity contribution in [1.82, 2.24) is 5.32 Å². The van der Waals surface area contributed by atoms with Gasteiger partial charge < -0.3 is 16.0 Å². The molecule has 130 valence electrons. The third-order valence-electron chi connectivity index (χ3n) is 3.91. The smallest absolute Gasteiger partial charge is 0.220 e. The van der Waals surface area contributed by atoms with Crippen molar-refractivity contribution in [3.63, 3.8) is 0 Å². The van der Waals surface area contributed by atoms with Crippen LogP contribution in [0.25, 0.3) is 0 Å². The number of carbonyl (C=O) groups is 1. The summed E-state index contributed by atoms with van der Waals surface area (Å²) in [5.41, 5.74) is 9.31. The normalized spacial score (nSPS) is 10.6. The molecule has 0 atom stereocenters. The fourth-order valence-corrected chi connectivity index (χ4v) is 2.69. The lowest BCUT2D eigenvalue weighted by Gasteiger charge is -2.25. The van der Waals surface area contributed by atoms with Crippen LogP contribution in [0.3, 0.4) is 0 Å². The standard InChI is InChI=1S/C19H33N3O/c1-4-7-12-21-19(23)11-9-16-8-10-18(17(20)15-16)22(13-5-2)14-6-3/h8,10,15H,4-7,9,11-14,20H2,1-3H3,(H,21,23). The quantitative estimate of drug-likeness (QED) is 0.482. The highest BCUT2D eigenvalue weighted by atomic mass is 16.1. The number of hydrogen-bond acceptors (Lipinski definition) is 3. The van der Waals surface area contributed by atoms with Crippen LogP contribution < -0.4 is 16.0 Å². The highest BCUT2D eigenvalue weighted by molar-refractivity contribution is 5.76. The molecule has 0 aliphatic carbocycles. The van der Waals surface area contributed by atoms with E-state index in [1.807, 2.05) is 6.07 Å². The zero-order valence-electron chi connectivity index (χ0n) is 15.0. The number of nitrogens with one attached hydrogen (secondary N) is 1. The van der Waals surface area contributed by atoms with Crippen LogP contribution in [0.1, 0.15) is 58.4 Å². The van der Waals surface area contributed by atoms with Crippen LogP contribution in [0.5, 0.6) is 0 Å². The molecule has 0 heterocycles. The Hall–Kier alpha value is -1.71. The van der Waals surface area contributed by atoms with Crippen LogP contribution in [-0.2, 0) is 11.2 Å². The van der Waals surface area contributed by atoms with E-state index in [0.29, 0.717) is 6.42 Å². The van der Waals surface area contributed by atoms with Gasteiger partial charge in [0.2, 0.25) is 5.91 Å². The van der Waals surface area contributed by atoms with Crippen LogP contribution in [0.2, 0.25) is 0 Å². The van der Waals surface area contributed by atoms with E-state index in [-0.39, 0.29) is 5.91 Å². The highest BCUT2D eigenvalue weighted by Crippen LogP contribution is 2.25. The Morgan fingerprint density at radius 2 is 1.83 bits per heavy atom. The summed E-state index contributed by atoms with van der Waals surface area (Å²) in [6, 6.07) is 6.22. The fourth-order valence-electron chi connectivity index (χ4n) is 2.69. The number of anilines is 2. The fraction of sp³-hybridized carbons (Fsp3) is 0.632. The van der Waals surface area contributed by atoms with Gasteiger partial charge in [-0.05, 0) is 43.4 Å². The van der Waals surface area contributed by atoms with Crippen molar-refractivity contribution < 1.29 is 4.79 Å². The van der Waals surface area contributed by atoms with Gasteiger partial charge in [-0.15, -0.1) is 0 Å². The second kappa shape index (κ2) is 10.9. The molecule has 0 spiro atoms. The Balaban J connectivity index is 2.59. The number of benzene rings is 1. The minimum atomic E-state index is 0.125. The molecule has 23 heavy (non-hydrogen) atoms. The Kier molecular flexibility index (Phi) is 9.18. The van der Waals surface area contributed by atoms with Crippen molar-refractivity contribution >= 4 is 17.3 Å². The molecule has 0 saturated heterocycles. The number of nitrogens with zero attached hydrogens (tertiary/aromatic N) is 1. The van der Waals surface area contributed by atoms with Gasteiger partial charge >= 0.3 is 0 Å². The van der Waals surface area contributed by atoms with E-state index >= 15 is 0 Å². The largest absolute Gasteiger partial charge is 0.397 e. The molecular weight excluding hydrogens is 286 g/mol. The average Bonchev–Trinajstić information content (AvgIpc) is 2.53. The molecule has 4 heteroatoms. The third kappa shape index (κ3) is 6.93. The van der Waals surface area contributed by atoms with E-state index in [1.165, 1.54) is 0 Å². The van der Waals surface area contributed by atoms with Crippen LogP contribution in [0, 0.1) is 0 Å². The molecule has 1 rings (SSSR count). The van der Waals surface area contributed by atoms with E-state index < -0.39 is 0 Å².